The molecule has 2 aromatic rings. The molecule has 4 rings (SSSR count). The summed E-state index contributed by atoms with van der Waals surface area (Å²) in [6.07, 6.45) is 5.25. The van der Waals surface area contributed by atoms with Gasteiger partial charge in [0.15, 0.2) is 0 Å². The molecule has 1 saturated heterocycles. The third-order valence-corrected chi connectivity index (χ3v) is 6.30. The number of likely N-dealkylation sites (tertiary alicyclic amines) is 1. The zero-order chi connectivity index (χ0) is 19.5. The van der Waals surface area contributed by atoms with Gasteiger partial charge in [0.25, 0.3) is 5.91 Å². The van der Waals surface area contributed by atoms with Crippen LogP contribution in [0.15, 0.2) is 42.5 Å². The molecule has 2 N–H and O–H groups in total. The van der Waals surface area contributed by atoms with Crippen LogP contribution in [0.3, 0.4) is 0 Å². The highest BCUT2D eigenvalue weighted by atomic mass is 35.5. The average Bonchev–Trinajstić information content (AvgIpc) is 3.12. The number of nitrogens with zero attached hydrogens (tertiary/aromatic N) is 1. The third kappa shape index (κ3) is 4.41. The number of rotatable bonds is 5. The van der Waals surface area contributed by atoms with Crippen molar-refractivity contribution in [3.05, 3.63) is 48.0 Å². The van der Waals surface area contributed by atoms with Crippen molar-refractivity contribution < 1.29 is 9.59 Å². The quantitative estimate of drug-likeness (QED) is 0.736. The van der Waals surface area contributed by atoms with Crippen LogP contribution in [-0.4, -0.2) is 48.9 Å². The van der Waals surface area contributed by atoms with E-state index >= 15 is 0 Å². The molecule has 1 aliphatic carbocycles. The van der Waals surface area contributed by atoms with Gasteiger partial charge < -0.3 is 15.5 Å². The normalized spacial score (nSPS) is 23.3. The second kappa shape index (κ2) is 9.59. The maximum atomic E-state index is 13.5. The first-order valence-electron chi connectivity index (χ1n) is 10.4. The van der Waals surface area contributed by atoms with Gasteiger partial charge in [-0.2, -0.15) is 0 Å². The second-order valence-corrected chi connectivity index (χ2v) is 8.03. The van der Waals surface area contributed by atoms with Crippen molar-refractivity contribution in [3.63, 3.8) is 0 Å². The molecule has 5 nitrogen and oxygen atoms in total. The average molecular weight is 416 g/mol. The number of amides is 2. The molecule has 2 aromatic carbocycles. The van der Waals surface area contributed by atoms with E-state index in [-0.39, 0.29) is 36.3 Å². The van der Waals surface area contributed by atoms with Crippen LogP contribution < -0.4 is 10.6 Å². The van der Waals surface area contributed by atoms with Crippen LogP contribution in [0.1, 0.15) is 42.5 Å². The van der Waals surface area contributed by atoms with E-state index in [1.165, 1.54) is 6.42 Å². The van der Waals surface area contributed by atoms with Crippen molar-refractivity contribution in [2.45, 2.75) is 44.2 Å². The van der Waals surface area contributed by atoms with Crippen molar-refractivity contribution >= 4 is 35.0 Å². The van der Waals surface area contributed by atoms with Crippen LogP contribution in [0.4, 0.5) is 0 Å². The fraction of sp³-hybridized carbons (Fsp3) is 0.478. The van der Waals surface area contributed by atoms with Crippen molar-refractivity contribution in [1.82, 2.24) is 15.5 Å². The highest BCUT2D eigenvalue weighted by molar-refractivity contribution is 6.01. The summed E-state index contributed by atoms with van der Waals surface area (Å²) >= 11 is 0. The van der Waals surface area contributed by atoms with Gasteiger partial charge >= 0.3 is 0 Å². The van der Waals surface area contributed by atoms with Crippen LogP contribution in [0.2, 0.25) is 0 Å². The minimum atomic E-state index is -0.357. The molecular formula is C23H30ClN3O2. The molecule has 29 heavy (non-hydrogen) atoms. The Bertz CT molecular complexity index is 872. The van der Waals surface area contributed by atoms with Gasteiger partial charge in [0.1, 0.15) is 6.04 Å². The molecule has 6 heteroatoms. The molecule has 2 fully saturated rings. The predicted octanol–water partition coefficient (Wildman–Crippen LogP) is 3.37. The van der Waals surface area contributed by atoms with Crippen LogP contribution in [0.25, 0.3) is 10.8 Å². The van der Waals surface area contributed by atoms with Crippen LogP contribution >= 0.6 is 12.4 Å². The van der Waals surface area contributed by atoms with Crippen LogP contribution in [0.5, 0.6) is 0 Å². The number of carbonyl (C=O) groups excluding carboxylic acids is 2. The van der Waals surface area contributed by atoms with E-state index in [4.69, 9.17) is 0 Å². The van der Waals surface area contributed by atoms with Crippen molar-refractivity contribution in [1.29, 1.82) is 0 Å². The molecule has 2 amide bonds. The highest BCUT2D eigenvalue weighted by Gasteiger charge is 2.47. The summed E-state index contributed by atoms with van der Waals surface area (Å²) < 4.78 is 0. The topological polar surface area (TPSA) is 61.4 Å². The molecular weight excluding hydrogens is 386 g/mol. The number of benzene rings is 2. The van der Waals surface area contributed by atoms with Gasteiger partial charge in [-0.1, -0.05) is 43.2 Å². The summed E-state index contributed by atoms with van der Waals surface area (Å²) in [7, 11) is 1.87. The molecule has 0 aromatic heterocycles. The van der Waals surface area contributed by atoms with Gasteiger partial charge in [-0.25, -0.2) is 0 Å². The molecule has 0 spiro atoms. The largest absolute Gasteiger partial charge is 0.353 e. The fourth-order valence-electron chi connectivity index (χ4n) is 4.89. The standard InChI is InChI=1S/C23H29N3O2.ClH/c1-24-12-13-25-22(27)21-15-18-8-4-5-9-20(18)26(21)23(28)19-11-10-16-6-2-3-7-17(16)14-19;/h2-3,6-7,10-11,14,18,20-21,24H,4-5,8-9,12-13,15H2,1H3,(H,25,27);1H. The molecule has 2 aliphatic rings. The van der Waals surface area contributed by atoms with Crippen LogP contribution in [0, 0.1) is 5.92 Å². The number of carbonyl (C=O) groups is 2. The van der Waals surface area contributed by atoms with Crippen LogP contribution in [-0.2, 0) is 4.79 Å². The predicted molar refractivity (Wildman–Crippen MR) is 118 cm³/mol. The van der Waals surface area contributed by atoms with E-state index < -0.39 is 0 Å². The maximum absolute atomic E-state index is 13.5. The van der Waals surface area contributed by atoms with E-state index in [0.29, 0.717) is 18.0 Å². The SMILES string of the molecule is CNCCNC(=O)C1CC2CCCCC2N1C(=O)c1ccc2ccccc2c1.Cl. The zero-order valence-electron chi connectivity index (χ0n) is 16.9. The summed E-state index contributed by atoms with van der Waals surface area (Å²) in [5.41, 5.74) is 0.679. The van der Waals surface area contributed by atoms with E-state index in [1.54, 1.807) is 0 Å². The maximum Gasteiger partial charge on any atom is 0.254 e. The van der Waals surface area contributed by atoms with E-state index in [9.17, 15) is 9.59 Å². The Morgan fingerprint density at radius 2 is 1.79 bits per heavy atom. The van der Waals surface area contributed by atoms with Gasteiger partial charge in [0, 0.05) is 24.7 Å². The fourth-order valence-corrected chi connectivity index (χ4v) is 4.89. The highest BCUT2D eigenvalue weighted by Crippen LogP contribution is 2.40. The summed E-state index contributed by atoms with van der Waals surface area (Å²) in [4.78, 5) is 28.3. The summed E-state index contributed by atoms with van der Waals surface area (Å²) in [6, 6.07) is 13.8. The smallest absolute Gasteiger partial charge is 0.254 e. The van der Waals surface area contributed by atoms with E-state index in [2.05, 4.69) is 16.7 Å². The monoisotopic (exact) mass is 415 g/mol. The van der Waals surface area contributed by atoms with Gasteiger partial charge in [-0.15, -0.1) is 12.4 Å². The lowest BCUT2D eigenvalue weighted by molar-refractivity contribution is -0.125. The number of halogens is 1. The third-order valence-electron chi connectivity index (χ3n) is 6.30. The van der Waals surface area contributed by atoms with Gasteiger partial charge in [-0.05, 0) is 55.1 Å². The Balaban J connectivity index is 0.00000240. The van der Waals surface area contributed by atoms with E-state index in [0.717, 1.165) is 43.0 Å². The lowest BCUT2D eigenvalue weighted by Gasteiger charge is -2.33. The molecule has 3 atom stereocenters. The molecule has 1 saturated carbocycles. The zero-order valence-corrected chi connectivity index (χ0v) is 17.7. The Morgan fingerprint density at radius 3 is 2.59 bits per heavy atom. The number of nitrogens with one attached hydrogen (secondary N) is 2. The summed E-state index contributed by atoms with van der Waals surface area (Å²) in [5.74, 6) is 0.422. The molecule has 3 unspecified atom stereocenters. The number of hydrogen-bond acceptors (Lipinski definition) is 3. The lowest BCUT2D eigenvalue weighted by atomic mass is 9.84. The molecule has 0 bridgehead atoms. The van der Waals surface area contributed by atoms with Crippen molar-refractivity contribution in [2.24, 2.45) is 5.92 Å². The minimum absolute atomic E-state index is 0. The van der Waals surface area contributed by atoms with E-state index in [1.807, 2.05) is 48.3 Å². The summed E-state index contributed by atoms with van der Waals surface area (Å²) in [5, 5.41) is 8.23. The number of fused-ring (bicyclic) bond motifs is 2. The Labute approximate surface area is 178 Å². The Morgan fingerprint density at radius 1 is 1.03 bits per heavy atom. The molecule has 1 heterocycles. The Kier molecular flexibility index (Phi) is 7.14. The number of likely N-dealkylation sites (N-methyl/N-ethyl adjacent to an activating group) is 1. The molecule has 156 valence electrons. The Hall–Kier alpha value is -2.11. The lowest BCUT2D eigenvalue weighted by Crippen LogP contribution is -2.50. The molecule has 1 aliphatic heterocycles. The van der Waals surface area contributed by atoms with Gasteiger partial charge in [0.2, 0.25) is 5.91 Å². The summed E-state index contributed by atoms with van der Waals surface area (Å²) in [6.45, 7) is 1.31. The molecule has 0 radical (unpaired) electrons. The van der Waals surface area contributed by atoms with Gasteiger partial charge in [-0.3, -0.25) is 9.59 Å². The second-order valence-electron chi connectivity index (χ2n) is 8.03. The number of hydrogen-bond donors (Lipinski definition) is 2. The van der Waals surface area contributed by atoms with Crippen molar-refractivity contribution in [2.75, 3.05) is 20.1 Å². The van der Waals surface area contributed by atoms with Gasteiger partial charge in [0.05, 0.1) is 0 Å². The first kappa shape index (κ1) is 21.6. The van der Waals surface area contributed by atoms with Crippen molar-refractivity contribution in [3.8, 4) is 0 Å². The first-order valence-corrected chi connectivity index (χ1v) is 10.4. The minimum Gasteiger partial charge on any atom is -0.353 e. The first-order chi connectivity index (χ1) is 13.7.